The maximum absolute atomic E-state index is 11.7. The molecule has 0 aliphatic carbocycles. The summed E-state index contributed by atoms with van der Waals surface area (Å²) in [5.41, 5.74) is 5.36. The quantitative estimate of drug-likeness (QED) is 0.716. The van der Waals surface area contributed by atoms with E-state index >= 15 is 0 Å². The van der Waals surface area contributed by atoms with Crippen molar-refractivity contribution in [1.29, 1.82) is 0 Å². The normalized spacial score (nSPS) is 13.6. The molecule has 0 aromatic heterocycles. The smallest absolute Gasteiger partial charge is 0.156 e. The van der Waals surface area contributed by atoms with Crippen molar-refractivity contribution in [2.45, 2.75) is 25.5 Å². The summed E-state index contributed by atoms with van der Waals surface area (Å²) in [4.78, 5) is 1.93. The summed E-state index contributed by atoms with van der Waals surface area (Å²) in [5, 5.41) is 0. The van der Waals surface area contributed by atoms with Crippen molar-refractivity contribution in [3.63, 3.8) is 0 Å². The van der Waals surface area contributed by atoms with Crippen LogP contribution in [-0.4, -0.2) is 50.5 Å². The second-order valence-electron chi connectivity index (χ2n) is 4.52. The summed E-state index contributed by atoms with van der Waals surface area (Å²) in [6.45, 7) is 7.03. The van der Waals surface area contributed by atoms with Gasteiger partial charge in [0.2, 0.25) is 0 Å². The molecule has 0 bridgehead atoms. The molecule has 5 heteroatoms. The molecule has 0 amide bonds. The van der Waals surface area contributed by atoms with Gasteiger partial charge in [0.25, 0.3) is 0 Å². The number of rotatable bonds is 5. The molecule has 0 saturated carbocycles. The molecule has 0 saturated heterocycles. The summed E-state index contributed by atoms with van der Waals surface area (Å²) in [7, 11) is -1.11. The van der Waals surface area contributed by atoms with Crippen LogP contribution in [0.4, 0.5) is 0 Å². The van der Waals surface area contributed by atoms with Gasteiger partial charge in [-0.2, -0.15) is 0 Å². The molecule has 0 atom stereocenters. The first-order valence-corrected chi connectivity index (χ1v) is 6.47. The highest BCUT2D eigenvalue weighted by molar-refractivity contribution is 7.92. The number of hydrogen-bond donors (Lipinski definition) is 1. The lowest BCUT2D eigenvalue weighted by molar-refractivity contribution is 0.362. The highest BCUT2D eigenvalue weighted by atomic mass is 32.2. The molecule has 2 N–H and O–H groups in total. The van der Waals surface area contributed by atoms with Gasteiger partial charge in [0, 0.05) is 19.6 Å². The molecule has 0 aliphatic rings. The standard InChI is InChI=1S/C9H22N2O2S/c1-9(2,3)14(12,13)8-7-11(4)6-5-10/h5-8,10H2,1-4H3. The van der Waals surface area contributed by atoms with Crippen LogP contribution in [0.5, 0.6) is 0 Å². The number of nitrogens with two attached hydrogens (primary N) is 1. The molecule has 0 rings (SSSR count). The molecule has 0 fully saturated rings. The molecule has 0 aliphatic heterocycles. The summed E-state index contributed by atoms with van der Waals surface area (Å²) < 4.78 is 22.7. The fourth-order valence-corrected chi connectivity index (χ4v) is 2.08. The zero-order chi connectivity index (χ0) is 11.4. The molecule has 0 unspecified atom stereocenters. The van der Waals surface area contributed by atoms with Crippen molar-refractivity contribution in [2.75, 3.05) is 32.4 Å². The lowest BCUT2D eigenvalue weighted by atomic mass is 10.3. The average Bonchev–Trinajstić information content (AvgIpc) is 1.99. The molecule has 4 nitrogen and oxygen atoms in total. The summed E-state index contributed by atoms with van der Waals surface area (Å²) in [6, 6.07) is 0. The monoisotopic (exact) mass is 222 g/mol. The van der Waals surface area contributed by atoms with Crippen molar-refractivity contribution < 1.29 is 8.42 Å². The van der Waals surface area contributed by atoms with E-state index in [9.17, 15) is 8.42 Å². The van der Waals surface area contributed by atoms with Gasteiger partial charge >= 0.3 is 0 Å². The van der Waals surface area contributed by atoms with Crippen LogP contribution in [0, 0.1) is 0 Å². The Kier molecular flexibility index (Phi) is 5.05. The third-order valence-corrected chi connectivity index (χ3v) is 4.77. The molecule has 0 aromatic carbocycles. The molecule has 86 valence electrons. The van der Waals surface area contributed by atoms with Crippen LogP contribution in [0.1, 0.15) is 20.8 Å². The van der Waals surface area contributed by atoms with Crippen LogP contribution in [0.25, 0.3) is 0 Å². The summed E-state index contributed by atoms with van der Waals surface area (Å²) in [5.74, 6) is 0.201. The first kappa shape index (κ1) is 13.9. The van der Waals surface area contributed by atoms with Crippen molar-refractivity contribution in [3.8, 4) is 0 Å². The van der Waals surface area contributed by atoms with Gasteiger partial charge in [-0.15, -0.1) is 0 Å². The fraction of sp³-hybridized carbons (Fsp3) is 1.00. The zero-order valence-electron chi connectivity index (χ0n) is 9.58. The van der Waals surface area contributed by atoms with E-state index in [1.54, 1.807) is 20.8 Å². The minimum atomic E-state index is -2.99. The van der Waals surface area contributed by atoms with E-state index in [2.05, 4.69) is 0 Å². The lowest BCUT2D eigenvalue weighted by Gasteiger charge is -2.21. The van der Waals surface area contributed by atoms with E-state index in [1.807, 2.05) is 11.9 Å². The Bertz CT molecular complexity index is 254. The van der Waals surface area contributed by atoms with E-state index in [0.29, 0.717) is 13.1 Å². The Morgan fingerprint density at radius 1 is 1.21 bits per heavy atom. The molecular formula is C9H22N2O2S. The Morgan fingerprint density at radius 3 is 2.07 bits per heavy atom. The Morgan fingerprint density at radius 2 is 1.71 bits per heavy atom. The van der Waals surface area contributed by atoms with E-state index in [0.717, 1.165) is 6.54 Å². The minimum absolute atomic E-state index is 0.201. The number of likely N-dealkylation sites (N-methyl/N-ethyl adjacent to an activating group) is 1. The van der Waals surface area contributed by atoms with Crippen LogP contribution < -0.4 is 5.73 Å². The maximum atomic E-state index is 11.7. The molecule has 0 aromatic rings. The van der Waals surface area contributed by atoms with Gasteiger partial charge in [-0.1, -0.05) is 0 Å². The van der Waals surface area contributed by atoms with Crippen LogP contribution in [0.15, 0.2) is 0 Å². The summed E-state index contributed by atoms with van der Waals surface area (Å²) >= 11 is 0. The highest BCUT2D eigenvalue weighted by Gasteiger charge is 2.28. The van der Waals surface area contributed by atoms with Crippen LogP contribution in [-0.2, 0) is 9.84 Å². The van der Waals surface area contributed by atoms with Crippen molar-refractivity contribution in [1.82, 2.24) is 4.90 Å². The number of hydrogen-bond acceptors (Lipinski definition) is 4. The first-order valence-electron chi connectivity index (χ1n) is 4.81. The van der Waals surface area contributed by atoms with E-state index in [4.69, 9.17) is 5.73 Å². The van der Waals surface area contributed by atoms with Gasteiger partial charge in [0.1, 0.15) is 0 Å². The predicted molar refractivity (Wildman–Crippen MR) is 60.1 cm³/mol. The summed E-state index contributed by atoms with van der Waals surface area (Å²) in [6.07, 6.45) is 0. The number of nitrogens with zero attached hydrogens (tertiary/aromatic N) is 1. The maximum Gasteiger partial charge on any atom is 0.156 e. The second kappa shape index (κ2) is 5.09. The molecule has 14 heavy (non-hydrogen) atoms. The van der Waals surface area contributed by atoms with Crippen LogP contribution >= 0.6 is 0 Å². The molecule has 0 heterocycles. The molecular weight excluding hydrogens is 200 g/mol. The molecule has 0 spiro atoms. The predicted octanol–water partition coefficient (Wildman–Crippen LogP) is 0.0902. The minimum Gasteiger partial charge on any atom is -0.329 e. The highest BCUT2D eigenvalue weighted by Crippen LogP contribution is 2.15. The van der Waals surface area contributed by atoms with Gasteiger partial charge in [-0.25, -0.2) is 8.42 Å². The van der Waals surface area contributed by atoms with Gasteiger partial charge < -0.3 is 10.6 Å². The first-order chi connectivity index (χ1) is 6.20. The SMILES string of the molecule is CN(CCN)CCS(=O)(=O)C(C)(C)C. The van der Waals surface area contributed by atoms with Crippen LogP contribution in [0.3, 0.4) is 0 Å². The van der Waals surface area contributed by atoms with Gasteiger partial charge in [0.15, 0.2) is 9.84 Å². The van der Waals surface area contributed by atoms with E-state index in [-0.39, 0.29) is 5.75 Å². The Balaban J connectivity index is 4.14. The van der Waals surface area contributed by atoms with Gasteiger partial charge in [0.05, 0.1) is 10.5 Å². The Labute approximate surface area is 87.4 Å². The van der Waals surface area contributed by atoms with Gasteiger partial charge in [-0.3, -0.25) is 0 Å². The topological polar surface area (TPSA) is 63.4 Å². The zero-order valence-corrected chi connectivity index (χ0v) is 10.4. The van der Waals surface area contributed by atoms with Crippen LogP contribution in [0.2, 0.25) is 0 Å². The molecule has 0 radical (unpaired) electrons. The van der Waals surface area contributed by atoms with Crippen molar-refractivity contribution >= 4 is 9.84 Å². The number of sulfone groups is 1. The average molecular weight is 222 g/mol. The van der Waals surface area contributed by atoms with Crippen molar-refractivity contribution in [3.05, 3.63) is 0 Å². The Hall–Kier alpha value is -0.130. The van der Waals surface area contributed by atoms with Gasteiger partial charge in [-0.05, 0) is 27.8 Å². The second-order valence-corrected chi connectivity index (χ2v) is 7.39. The lowest BCUT2D eigenvalue weighted by Crippen LogP contribution is -2.36. The third-order valence-electron chi connectivity index (χ3n) is 2.19. The fourth-order valence-electron chi connectivity index (χ4n) is 0.914. The van der Waals surface area contributed by atoms with E-state index in [1.165, 1.54) is 0 Å². The van der Waals surface area contributed by atoms with E-state index < -0.39 is 14.6 Å². The third kappa shape index (κ3) is 4.39. The van der Waals surface area contributed by atoms with Crippen molar-refractivity contribution in [2.24, 2.45) is 5.73 Å². The largest absolute Gasteiger partial charge is 0.329 e.